The maximum atomic E-state index is 5.61. The lowest BCUT2D eigenvalue weighted by atomic mass is 10.4. The predicted octanol–water partition coefficient (Wildman–Crippen LogP) is 0.725. The summed E-state index contributed by atoms with van der Waals surface area (Å²) in [6.07, 6.45) is 3.51. The highest BCUT2D eigenvalue weighted by Gasteiger charge is 2.26. The highest BCUT2D eigenvalue weighted by molar-refractivity contribution is 8.16. The SMILES string of the molecule is Nc1cnn(CC2=CSC3=NCCN23)c1. The highest BCUT2D eigenvalue weighted by atomic mass is 32.2. The van der Waals surface area contributed by atoms with Gasteiger partial charge in [0, 0.05) is 23.8 Å². The Hall–Kier alpha value is -1.43. The molecule has 0 radical (unpaired) electrons. The third kappa shape index (κ3) is 1.50. The van der Waals surface area contributed by atoms with Gasteiger partial charge in [0.1, 0.15) is 0 Å². The summed E-state index contributed by atoms with van der Waals surface area (Å²) in [4.78, 5) is 6.63. The number of thioether (sulfide) groups is 1. The Morgan fingerprint density at radius 3 is 3.27 bits per heavy atom. The second kappa shape index (κ2) is 3.30. The van der Waals surface area contributed by atoms with Crippen LogP contribution in [0.3, 0.4) is 0 Å². The molecule has 78 valence electrons. The van der Waals surface area contributed by atoms with Crippen molar-refractivity contribution in [3.8, 4) is 0 Å². The van der Waals surface area contributed by atoms with Crippen molar-refractivity contribution in [3.63, 3.8) is 0 Å². The van der Waals surface area contributed by atoms with E-state index in [9.17, 15) is 0 Å². The molecule has 0 amide bonds. The zero-order chi connectivity index (χ0) is 10.3. The normalized spacial score (nSPS) is 19.1. The zero-order valence-electron chi connectivity index (χ0n) is 8.13. The van der Waals surface area contributed by atoms with Crippen LogP contribution in [0.25, 0.3) is 0 Å². The van der Waals surface area contributed by atoms with Crippen LogP contribution in [0.5, 0.6) is 0 Å². The van der Waals surface area contributed by atoms with Gasteiger partial charge in [0.05, 0.1) is 25.0 Å². The fourth-order valence-electron chi connectivity index (χ4n) is 1.73. The molecule has 0 aliphatic carbocycles. The van der Waals surface area contributed by atoms with Crippen LogP contribution in [0, 0.1) is 0 Å². The Labute approximate surface area is 91.6 Å². The fourth-order valence-corrected chi connectivity index (χ4v) is 2.68. The summed E-state index contributed by atoms with van der Waals surface area (Å²) in [7, 11) is 0. The maximum Gasteiger partial charge on any atom is 0.168 e. The minimum Gasteiger partial charge on any atom is -0.396 e. The van der Waals surface area contributed by atoms with Gasteiger partial charge >= 0.3 is 0 Å². The van der Waals surface area contributed by atoms with Crippen molar-refractivity contribution in [3.05, 3.63) is 23.5 Å². The summed E-state index contributed by atoms with van der Waals surface area (Å²) in [5, 5.41) is 7.42. The summed E-state index contributed by atoms with van der Waals surface area (Å²) in [5.41, 5.74) is 7.57. The van der Waals surface area contributed by atoms with Crippen molar-refractivity contribution in [2.75, 3.05) is 18.8 Å². The molecule has 0 unspecified atom stereocenters. The van der Waals surface area contributed by atoms with E-state index in [1.165, 1.54) is 5.70 Å². The topological polar surface area (TPSA) is 59.4 Å². The lowest BCUT2D eigenvalue weighted by Gasteiger charge is -2.16. The maximum absolute atomic E-state index is 5.61. The number of anilines is 1. The number of aromatic nitrogens is 2. The van der Waals surface area contributed by atoms with Crippen LogP contribution >= 0.6 is 11.8 Å². The molecule has 0 spiro atoms. The first-order chi connectivity index (χ1) is 7.33. The van der Waals surface area contributed by atoms with E-state index in [0.717, 1.165) is 24.8 Å². The van der Waals surface area contributed by atoms with Gasteiger partial charge in [-0.2, -0.15) is 5.10 Å². The largest absolute Gasteiger partial charge is 0.396 e. The van der Waals surface area contributed by atoms with Crippen molar-refractivity contribution < 1.29 is 0 Å². The first-order valence-electron chi connectivity index (χ1n) is 4.78. The summed E-state index contributed by atoms with van der Waals surface area (Å²) in [5.74, 6) is 0. The standard InChI is InChI=1S/C9H11N5S/c10-7-3-12-13(4-7)5-8-6-15-9-11-1-2-14(8)9/h3-4,6H,1-2,5,10H2. The Bertz CT molecular complexity index is 447. The van der Waals surface area contributed by atoms with E-state index < -0.39 is 0 Å². The number of fused-ring (bicyclic) bond motifs is 1. The summed E-state index contributed by atoms with van der Waals surface area (Å²) in [6, 6.07) is 0. The van der Waals surface area contributed by atoms with E-state index in [-0.39, 0.29) is 0 Å². The van der Waals surface area contributed by atoms with Gasteiger partial charge in [0.25, 0.3) is 0 Å². The van der Waals surface area contributed by atoms with Crippen molar-refractivity contribution in [2.24, 2.45) is 4.99 Å². The van der Waals surface area contributed by atoms with Gasteiger partial charge < -0.3 is 10.6 Å². The molecule has 2 N–H and O–H groups in total. The van der Waals surface area contributed by atoms with Gasteiger partial charge in [-0.05, 0) is 0 Å². The number of allylic oxidation sites excluding steroid dienone is 1. The van der Waals surface area contributed by atoms with E-state index in [1.807, 2.05) is 10.9 Å². The van der Waals surface area contributed by atoms with Crippen LogP contribution < -0.4 is 5.73 Å². The Morgan fingerprint density at radius 1 is 1.53 bits per heavy atom. The molecule has 0 bridgehead atoms. The van der Waals surface area contributed by atoms with Gasteiger partial charge in [-0.25, -0.2) is 0 Å². The van der Waals surface area contributed by atoms with Crippen molar-refractivity contribution in [1.29, 1.82) is 0 Å². The summed E-state index contributed by atoms with van der Waals surface area (Å²) >= 11 is 1.69. The number of nitrogens with zero attached hydrogens (tertiary/aromatic N) is 4. The minimum absolute atomic E-state index is 0.705. The van der Waals surface area contributed by atoms with Crippen molar-refractivity contribution >= 4 is 22.6 Å². The lowest BCUT2D eigenvalue weighted by Crippen LogP contribution is -2.23. The van der Waals surface area contributed by atoms with E-state index in [1.54, 1.807) is 18.0 Å². The van der Waals surface area contributed by atoms with Crippen LogP contribution in [-0.2, 0) is 6.54 Å². The Balaban J connectivity index is 1.77. The number of hydrogen-bond donors (Lipinski definition) is 1. The molecule has 0 aromatic carbocycles. The second-order valence-corrected chi connectivity index (χ2v) is 4.35. The van der Waals surface area contributed by atoms with Crippen molar-refractivity contribution in [1.82, 2.24) is 14.7 Å². The van der Waals surface area contributed by atoms with Crippen LogP contribution in [-0.4, -0.2) is 32.9 Å². The van der Waals surface area contributed by atoms with Crippen LogP contribution in [0.1, 0.15) is 0 Å². The number of aliphatic imine (C=N–C) groups is 1. The summed E-state index contributed by atoms with van der Waals surface area (Å²) < 4.78 is 1.85. The molecule has 1 aromatic rings. The van der Waals surface area contributed by atoms with Crippen LogP contribution in [0.2, 0.25) is 0 Å². The Kier molecular flexibility index (Phi) is 1.95. The minimum atomic E-state index is 0.705. The van der Waals surface area contributed by atoms with E-state index in [0.29, 0.717) is 5.69 Å². The molecule has 3 rings (SSSR count). The number of rotatable bonds is 2. The third-order valence-corrected chi connectivity index (χ3v) is 3.38. The van der Waals surface area contributed by atoms with Crippen molar-refractivity contribution in [2.45, 2.75) is 6.54 Å². The Morgan fingerprint density at radius 2 is 2.47 bits per heavy atom. The average molecular weight is 221 g/mol. The van der Waals surface area contributed by atoms with Crippen LogP contribution in [0.4, 0.5) is 5.69 Å². The lowest BCUT2D eigenvalue weighted by molar-refractivity contribution is 0.507. The molecule has 5 nitrogen and oxygen atoms in total. The van der Waals surface area contributed by atoms with Gasteiger partial charge in [-0.1, -0.05) is 11.8 Å². The molecule has 0 saturated heterocycles. The van der Waals surface area contributed by atoms with E-state index in [4.69, 9.17) is 5.73 Å². The third-order valence-electron chi connectivity index (χ3n) is 2.43. The van der Waals surface area contributed by atoms with Gasteiger partial charge in [0.15, 0.2) is 5.17 Å². The van der Waals surface area contributed by atoms with Gasteiger partial charge in [0.2, 0.25) is 0 Å². The molecule has 2 aliphatic heterocycles. The molecule has 2 aliphatic rings. The molecular weight excluding hydrogens is 210 g/mol. The molecule has 0 fully saturated rings. The molecular formula is C9H11N5S. The first-order valence-corrected chi connectivity index (χ1v) is 5.66. The molecule has 0 saturated carbocycles. The number of hydrogen-bond acceptors (Lipinski definition) is 5. The second-order valence-electron chi connectivity index (χ2n) is 3.51. The number of nitrogens with two attached hydrogens (primary N) is 1. The van der Waals surface area contributed by atoms with Gasteiger partial charge in [-0.3, -0.25) is 9.67 Å². The smallest absolute Gasteiger partial charge is 0.168 e. The van der Waals surface area contributed by atoms with E-state index >= 15 is 0 Å². The summed E-state index contributed by atoms with van der Waals surface area (Å²) in [6.45, 7) is 2.66. The first kappa shape index (κ1) is 8.84. The van der Waals surface area contributed by atoms with Gasteiger partial charge in [-0.15, -0.1) is 0 Å². The zero-order valence-corrected chi connectivity index (χ0v) is 8.94. The fraction of sp³-hybridized carbons (Fsp3) is 0.333. The molecule has 3 heterocycles. The van der Waals surface area contributed by atoms with Crippen LogP contribution in [0.15, 0.2) is 28.5 Å². The number of amidine groups is 1. The molecule has 15 heavy (non-hydrogen) atoms. The number of nitrogen functional groups attached to an aromatic ring is 1. The van der Waals surface area contributed by atoms with E-state index in [2.05, 4.69) is 20.4 Å². The molecule has 1 aromatic heterocycles. The molecule has 0 atom stereocenters. The average Bonchev–Trinajstić information content (AvgIpc) is 2.85. The highest BCUT2D eigenvalue weighted by Crippen LogP contribution is 2.29. The quantitative estimate of drug-likeness (QED) is 0.799. The predicted molar refractivity (Wildman–Crippen MR) is 61.3 cm³/mol. The molecule has 6 heteroatoms. The monoisotopic (exact) mass is 221 g/mol.